The Balaban J connectivity index is 1.60. The van der Waals surface area contributed by atoms with Crippen LogP contribution in [-0.2, 0) is 4.79 Å². The fourth-order valence-corrected chi connectivity index (χ4v) is 2.81. The third kappa shape index (κ3) is 4.72. The molecule has 0 saturated carbocycles. The first-order chi connectivity index (χ1) is 12.0. The van der Waals surface area contributed by atoms with Gasteiger partial charge in [-0.2, -0.15) is 0 Å². The maximum atomic E-state index is 13.2. The van der Waals surface area contributed by atoms with Gasteiger partial charge in [-0.3, -0.25) is 4.79 Å². The van der Waals surface area contributed by atoms with Crippen LogP contribution in [0.4, 0.5) is 10.1 Å². The van der Waals surface area contributed by atoms with Crippen LogP contribution in [0.25, 0.3) is 11.5 Å². The highest BCUT2D eigenvalue weighted by molar-refractivity contribution is 7.99. The number of amides is 1. The van der Waals surface area contributed by atoms with E-state index in [4.69, 9.17) is 27.6 Å². The highest BCUT2D eigenvalue weighted by Gasteiger charge is 2.13. The summed E-state index contributed by atoms with van der Waals surface area (Å²) in [5.74, 6) is -0.490. The van der Waals surface area contributed by atoms with Crippen LogP contribution in [0.1, 0.15) is 0 Å². The quantitative estimate of drug-likeness (QED) is 0.619. The van der Waals surface area contributed by atoms with Crippen LogP contribution in [0.3, 0.4) is 0 Å². The third-order valence-electron chi connectivity index (χ3n) is 3.01. The number of benzene rings is 2. The number of nitrogens with zero attached hydrogens (tertiary/aromatic N) is 2. The van der Waals surface area contributed by atoms with Crippen molar-refractivity contribution in [3.8, 4) is 11.5 Å². The SMILES string of the molecule is O=C(CSc1nnc(-c2cccc(F)c2)o1)Nc1cc(Cl)ccc1Cl. The molecule has 0 spiro atoms. The zero-order valence-electron chi connectivity index (χ0n) is 12.5. The van der Waals surface area contributed by atoms with Gasteiger partial charge < -0.3 is 9.73 Å². The number of carbonyl (C=O) groups excluding carboxylic acids is 1. The van der Waals surface area contributed by atoms with Crippen molar-refractivity contribution in [1.29, 1.82) is 0 Å². The molecule has 1 N–H and O–H groups in total. The van der Waals surface area contributed by atoms with Gasteiger partial charge >= 0.3 is 0 Å². The van der Waals surface area contributed by atoms with Crippen molar-refractivity contribution in [2.75, 3.05) is 11.1 Å². The molecule has 0 aliphatic rings. The molecule has 1 aromatic heterocycles. The van der Waals surface area contributed by atoms with Crippen LogP contribution in [-0.4, -0.2) is 21.9 Å². The smallest absolute Gasteiger partial charge is 0.277 e. The van der Waals surface area contributed by atoms with Crippen molar-refractivity contribution in [2.45, 2.75) is 5.22 Å². The van der Waals surface area contributed by atoms with E-state index in [0.29, 0.717) is 21.3 Å². The molecule has 2 aromatic carbocycles. The number of nitrogens with one attached hydrogen (secondary N) is 1. The third-order valence-corrected chi connectivity index (χ3v) is 4.39. The van der Waals surface area contributed by atoms with Gasteiger partial charge in [-0.1, -0.05) is 41.0 Å². The first-order valence-electron chi connectivity index (χ1n) is 6.98. The number of aromatic nitrogens is 2. The van der Waals surface area contributed by atoms with E-state index in [0.717, 1.165) is 11.8 Å². The van der Waals surface area contributed by atoms with Gasteiger partial charge in [0.1, 0.15) is 5.82 Å². The van der Waals surface area contributed by atoms with Crippen molar-refractivity contribution in [3.63, 3.8) is 0 Å². The molecular weight excluding hydrogens is 388 g/mol. The molecule has 0 aliphatic heterocycles. The monoisotopic (exact) mass is 397 g/mol. The van der Waals surface area contributed by atoms with Crippen LogP contribution >= 0.6 is 35.0 Å². The van der Waals surface area contributed by atoms with E-state index in [2.05, 4.69) is 15.5 Å². The Morgan fingerprint density at radius 2 is 2.04 bits per heavy atom. The highest BCUT2D eigenvalue weighted by atomic mass is 35.5. The van der Waals surface area contributed by atoms with Crippen molar-refractivity contribution in [2.24, 2.45) is 0 Å². The Morgan fingerprint density at radius 1 is 1.20 bits per heavy atom. The predicted molar refractivity (Wildman–Crippen MR) is 95.5 cm³/mol. The molecule has 0 aliphatic carbocycles. The minimum absolute atomic E-state index is 0.0353. The van der Waals surface area contributed by atoms with E-state index < -0.39 is 5.82 Å². The largest absolute Gasteiger partial charge is 0.411 e. The standard InChI is InChI=1S/C16H10Cl2FN3O2S/c17-10-4-5-12(18)13(7-10)20-14(23)8-25-16-22-21-15(24-16)9-2-1-3-11(19)6-9/h1-7H,8H2,(H,20,23). The second-order valence-corrected chi connectivity index (χ2v) is 6.61. The van der Waals surface area contributed by atoms with Crippen molar-refractivity contribution in [3.05, 3.63) is 58.3 Å². The molecule has 0 atom stereocenters. The minimum atomic E-state index is -0.400. The van der Waals surface area contributed by atoms with E-state index in [1.54, 1.807) is 30.3 Å². The lowest BCUT2D eigenvalue weighted by Crippen LogP contribution is -2.14. The average Bonchev–Trinajstić information content (AvgIpc) is 3.05. The number of carbonyl (C=O) groups is 1. The van der Waals surface area contributed by atoms with E-state index in [-0.39, 0.29) is 22.8 Å². The number of anilines is 1. The molecule has 0 saturated heterocycles. The first kappa shape index (κ1) is 17.7. The summed E-state index contributed by atoms with van der Waals surface area (Å²) in [5, 5.41) is 11.4. The van der Waals surface area contributed by atoms with E-state index in [9.17, 15) is 9.18 Å². The van der Waals surface area contributed by atoms with Crippen molar-refractivity contribution >= 4 is 46.6 Å². The number of thioether (sulfide) groups is 1. The van der Waals surface area contributed by atoms with Crippen LogP contribution < -0.4 is 5.32 Å². The predicted octanol–water partition coefficient (Wildman–Crippen LogP) is 4.91. The molecule has 128 valence electrons. The van der Waals surface area contributed by atoms with Crippen LogP contribution in [0.2, 0.25) is 10.0 Å². The molecule has 0 radical (unpaired) electrons. The zero-order chi connectivity index (χ0) is 17.8. The molecule has 0 unspecified atom stereocenters. The van der Waals surface area contributed by atoms with Gasteiger partial charge in [-0.25, -0.2) is 4.39 Å². The van der Waals surface area contributed by atoms with Crippen LogP contribution in [0.5, 0.6) is 0 Å². The number of rotatable bonds is 5. The average molecular weight is 398 g/mol. The van der Waals surface area contributed by atoms with Crippen molar-refractivity contribution in [1.82, 2.24) is 10.2 Å². The summed E-state index contributed by atoms with van der Waals surface area (Å²) in [6.07, 6.45) is 0. The van der Waals surface area contributed by atoms with Gasteiger partial charge in [0, 0.05) is 10.6 Å². The lowest BCUT2D eigenvalue weighted by atomic mass is 10.2. The second kappa shape index (κ2) is 7.86. The van der Waals surface area contributed by atoms with Gasteiger partial charge in [-0.05, 0) is 36.4 Å². The Kier molecular flexibility index (Phi) is 5.57. The molecule has 1 heterocycles. The van der Waals surface area contributed by atoms with Crippen molar-refractivity contribution < 1.29 is 13.6 Å². The zero-order valence-corrected chi connectivity index (χ0v) is 14.8. The fourth-order valence-electron chi connectivity index (χ4n) is 1.91. The molecule has 5 nitrogen and oxygen atoms in total. The number of hydrogen-bond acceptors (Lipinski definition) is 5. The molecule has 0 fully saturated rings. The van der Waals surface area contributed by atoms with Crippen LogP contribution in [0, 0.1) is 5.82 Å². The summed E-state index contributed by atoms with van der Waals surface area (Å²) >= 11 is 12.9. The summed E-state index contributed by atoms with van der Waals surface area (Å²) in [5.41, 5.74) is 0.889. The first-order valence-corrected chi connectivity index (χ1v) is 8.72. The highest BCUT2D eigenvalue weighted by Crippen LogP contribution is 2.27. The minimum Gasteiger partial charge on any atom is -0.411 e. The lowest BCUT2D eigenvalue weighted by molar-refractivity contribution is -0.113. The maximum Gasteiger partial charge on any atom is 0.277 e. The number of halogens is 3. The molecular formula is C16H10Cl2FN3O2S. The van der Waals surface area contributed by atoms with Gasteiger partial charge in [-0.15, -0.1) is 10.2 Å². The molecule has 3 aromatic rings. The Labute approximate surface area is 156 Å². The Hall–Kier alpha value is -2.09. The topological polar surface area (TPSA) is 68.0 Å². The second-order valence-electron chi connectivity index (χ2n) is 4.84. The molecule has 9 heteroatoms. The van der Waals surface area contributed by atoms with Crippen LogP contribution in [0.15, 0.2) is 52.1 Å². The summed E-state index contributed by atoms with van der Waals surface area (Å²) < 4.78 is 18.6. The molecule has 3 rings (SSSR count). The van der Waals surface area contributed by atoms with Gasteiger partial charge in [0.15, 0.2) is 0 Å². The van der Waals surface area contributed by atoms with E-state index in [1.807, 2.05) is 0 Å². The normalized spacial score (nSPS) is 10.7. The summed E-state index contributed by atoms with van der Waals surface area (Å²) in [6, 6.07) is 10.6. The molecule has 25 heavy (non-hydrogen) atoms. The lowest BCUT2D eigenvalue weighted by Gasteiger charge is -2.06. The maximum absolute atomic E-state index is 13.2. The van der Waals surface area contributed by atoms with E-state index in [1.165, 1.54) is 12.1 Å². The van der Waals surface area contributed by atoms with Gasteiger partial charge in [0.25, 0.3) is 5.22 Å². The van der Waals surface area contributed by atoms with Gasteiger partial charge in [0.05, 0.1) is 16.5 Å². The number of hydrogen-bond donors (Lipinski definition) is 1. The molecule has 0 bridgehead atoms. The van der Waals surface area contributed by atoms with E-state index >= 15 is 0 Å². The summed E-state index contributed by atoms with van der Waals surface area (Å²) in [4.78, 5) is 12.0. The Morgan fingerprint density at radius 3 is 2.84 bits per heavy atom. The Bertz CT molecular complexity index is 920. The summed E-state index contributed by atoms with van der Waals surface area (Å²) in [6.45, 7) is 0. The summed E-state index contributed by atoms with van der Waals surface area (Å²) in [7, 11) is 0. The molecule has 1 amide bonds. The van der Waals surface area contributed by atoms with Gasteiger partial charge in [0.2, 0.25) is 11.8 Å². The fraction of sp³-hybridized carbons (Fsp3) is 0.0625.